The molecule has 1 amide bonds. The summed E-state index contributed by atoms with van der Waals surface area (Å²) in [6.07, 6.45) is 2.32. The Morgan fingerprint density at radius 1 is 1.19 bits per heavy atom. The monoisotopic (exact) mass is 304 g/mol. The van der Waals surface area contributed by atoms with Crippen LogP contribution in [0.15, 0.2) is 35.2 Å². The Morgan fingerprint density at radius 3 is 2.43 bits per heavy atom. The van der Waals surface area contributed by atoms with Crippen LogP contribution in [-0.4, -0.2) is 42.2 Å². The molecule has 1 aromatic carbocycles. The SMILES string of the molecule is CC(Sc1ccccc1)C(=O)N1CC[C@@H]2CNC[C@@H]2CC1. The highest BCUT2D eigenvalue weighted by Crippen LogP contribution is 2.29. The molecule has 1 aromatic rings. The van der Waals surface area contributed by atoms with E-state index >= 15 is 0 Å². The lowest BCUT2D eigenvalue weighted by Gasteiger charge is -2.24. The van der Waals surface area contributed by atoms with Gasteiger partial charge in [-0.3, -0.25) is 4.79 Å². The number of thioether (sulfide) groups is 1. The molecule has 2 saturated heterocycles. The van der Waals surface area contributed by atoms with Crippen LogP contribution in [0.2, 0.25) is 0 Å². The van der Waals surface area contributed by atoms with Crippen LogP contribution in [-0.2, 0) is 4.79 Å². The van der Waals surface area contributed by atoms with Crippen LogP contribution in [0.25, 0.3) is 0 Å². The number of amides is 1. The van der Waals surface area contributed by atoms with E-state index in [9.17, 15) is 4.79 Å². The molecule has 2 fully saturated rings. The van der Waals surface area contributed by atoms with Gasteiger partial charge in [-0.05, 0) is 56.8 Å². The summed E-state index contributed by atoms with van der Waals surface area (Å²) in [5.74, 6) is 1.86. The van der Waals surface area contributed by atoms with Crippen LogP contribution >= 0.6 is 11.8 Å². The van der Waals surface area contributed by atoms with Crippen LogP contribution in [0.5, 0.6) is 0 Å². The Kier molecular flexibility index (Phi) is 4.86. The number of hydrogen-bond donors (Lipinski definition) is 1. The minimum absolute atomic E-state index is 0.00321. The maximum absolute atomic E-state index is 12.7. The fourth-order valence-corrected chi connectivity index (χ4v) is 4.42. The molecular weight excluding hydrogens is 280 g/mol. The zero-order valence-electron chi connectivity index (χ0n) is 12.6. The van der Waals surface area contributed by atoms with Gasteiger partial charge < -0.3 is 10.2 Å². The van der Waals surface area contributed by atoms with Crippen molar-refractivity contribution in [2.75, 3.05) is 26.2 Å². The average molecular weight is 304 g/mol. The van der Waals surface area contributed by atoms with E-state index in [1.165, 1.54) is 4.90 Å². The molecule has 0 radical (unpaired) electrons. The van der Waals surface area contributed by atoms with Crippen molar-refractivity contribution in [1.82, 2.24) is 10.2 Å². The molecule has 1 unspecified atom stereocenters. The second kappa shape index (κ2) is 6.84. The molecule has 2 heterocycles. The number of rotatable bonds is 3. The lowest BCUT2D eigenvalue weighted by molar-refractivity contribution is -0.130. The highest BCUT2D eigenvalue weighted by molar-refractivity contribution is 8.00. The van der Waals surface area contributed by atoms with Crippen LogP contribution in [0.4, 0.5) is 0 Å². The fourth-order valence-electron chi connectivity index (χ4n) is 3.45. The molecule has 114 valence electrons. The fraction of sp³-hybridized carbons (Fsp3) is 0.588. The number of nitrogens with one attached hydrogen (secondary N) is 1. The van der Waals surface area contributed by atoms with Gasteiger partial charge in [-0.1, -0.05) is 18.2 Å². The van der Waals surface area contributed by atoms with Gasteiger partial charge in [0.2, 0.25) is 5.91 Å². The Bertz CT molecular complexity index is 465. The largest absolute Gasteiger partial charge is 0.342 e. The van der Waals surface area contributed by atoms with Gasteiger partial charge in [-0.25, -0.2) is 0 Å². The van der Waals surface area contributed by atoms with E-state index in [0.29, 0.717) is 5.91 Å². The van der Waals surface area contributed by atoms with E-state index in [2.05, 4.69) is 22.3 Å². The van der Waals surface area contributed by atoms with Crippen molar-refractivity contribution in [3.63, 3.8) is 0 Å². The number of carbonyl (C=O) groups excluding carboxylic acids is 1. The number of likely N-dealkylation sites (tertiary alicyclic amines) is 1. The van der Waals surface area contributed by atoms with E-state index in [1.54, 1.807) is 11.8 Å². The normalized spacial score (nSPS) is 27.0. The maximum Gasteiger partial charge on any atom is 0.235 e. The van der Waals surface area contributed by atoms with Crippen molar-refractivity contribution in [1.29, 1.82) is 0 Å². The van der Waals surface area contributed by atoms with E-state index < -0.39 is 0 Å². The minimum atomic E-state index is 0.00321. The summed E-state index contributed by atoms with van der Waals surface area (Å²) in [5.41, 5.74) is 0. The van der Waals surface area contributed by atoms with Gasteiger partial charge in [0.15, 0.2) is 0 Å². The summed E-state index contributed by atoms with van der Waals surface area (Å²) in [6, 6.07) is 10.2. The predicted octanol–water partition coefficient (Wildman–Crippen LogP) is 2.63. The van der Waals surface area contributed by atoms with Crippen LogP contribution in [0.3, 0.4) is 0 Å². The first-order valence-electron chi connectivity index (χ1n) is 7.95. The summed E-state index contributed by atoms with van der Waals surface area (Å²) in [5, 5.41) is 3.49. The second-order valence-corrected chi connectivity index (χ2v) is 7.57. The van der Waals surface area contributed by atoms with Gasteiger partial charge in [0.05, 0.1) is 5.25 Å². The third kappa shape index (κ3) is 3.61. The molecule has 4 heteroatoms. The van der Waals surface area contributed by atoms with Crippen molar-refractivity contribution >= 4 is 17.7 Å². The highest BCUT2D eigenvalue weighted by atomic mass is 32.2. The first-order valence-corrected chi connectivity index (χ1v) is 8.83. The molecule has 0 bridgehead atoms. The van der Waals surface area contributed by atoms with Crippen LogP contribution in [0.1, 0.15) is 19.8 Å². The standard InChI is InChI=1S/C17H24N2OS/c1-13(21-16-5-3-2-4-6-16)17(20)19-9-7-14-11-18-12-15(14)8-10-19/h2-6,13-15,18H,7-12H2,1H3/t13?,14-,15+. The molecule has 0 spiro atoms. The highest BCUT2D eigenvalue weighted by Gasteiger charge is 2.32. The van der Waals surface area contributed by atoms with Crippen LogP contribution < -0.4 is 5.32 Å². The van der Waals surface area contributed by atoms with Gasteiger partial charge in [0.25, 0.3) is 0 Å². The smallest absolute Gasteiger partial charge is 0.235 e. The zero-order valence-corrected chi connectivity index (χ0v) is 13.4. The van der Waals surface area contributed by atoms with Crippen molar-refractivity contribution in [2.45, 2.75) is 29.9 Å². The number of hydrogen-bond acceptors (Lipinski definition) is 3. The lowest BCUT2D eigenvalue weighted by Crippen LogP contribution is -2.37. The Balaban J connectivity index is 1.57. The summed E-state index contributed by atoms with van der Waals surface area (Å²) in [6.45, 7) is 6.18. The van der Waals surface area contributed by atoms with Crippen molar-refractivity contribution in [3.8, 4) is 0 Å². The van der Waals surface area contributed by atoms with Gasteiger partial charge in [-0.2, -0.15) is 0 Å². The molecule has 0 saturated carbocycles. The lowest BCUT2D eigenvalue weighted by atomic mass is 9.92. The molecule has 3 atom stereocenters. The summed E-state index contributed by atoms with van der Waals surface area (Å²) in [4.78, 5) is 15.9. The van der Waals surface area contributed by atoms with Crippen molar-refractivity contribution in [2.24, 2.45) is 11.8 Å². The minimum Gasteiger partial charge on any atom is -0.342 e. The first-order chi connectivity index (χ1) is 10.2. The first kappa shape index (κ1) is 14.9. The summed E-state index contributed by atoms with van der Waals surface area (Å²) in [7, 11) is 0. The average Bonchev–Trinajstić information content (AvgIpc) is 2.86. The molecule has 21 heavy (non-hydrogen) atoms. The number of fused-ring (bicyclic) bond motifs is 1. The number of benzene rings is 1. The summed E-state index contributed by atoms with van der Waals surface area (Å²) >= 11 is 1.67. The molecule has 2 aliphatic rings. The zero-order chi connectivity index (χ0) is 14.7. The quantitative estimate of drug-likeness (QED) is 0.871. The Hall–Kier alpha value is -1.00. The van der Waals surface area contributed by atoms with E-state index in [1.807, 2.05) is 25.1 Å². The van der Waals surface area contributed by atoms with Gasteiger partial charge in [0, 0.05) is 18.0 Å². The molecule has 2 aliphatic heterocycles. The molecular formula is C17H24N2OS. The van der Waals surface area contributed by atoms with Crippen molar-refractivity contribution in [3.05, 3.63) is 30.3 Å². The Labute approximate surface area is 131 Å². The molecule has 1 N–H and O–H groups in total. The van der Waals surface area contributed by atoms with E-state index in [-0.39, 0.29) is 5.25 Å². The maximum atomic E-state index is 12.7. The number of nitrogens with zero attached hydrogens (tertiary/aromatic N) is 1. The Morgan fingerprint density at radius 2 is 1.81 bits per heavy atom. The van der Waals surface area contributed by atoms with E-state index in [0.717, 1.165) is 50.9 Å². The van der Waals surface area contributed by atoms with Crippen LogP contribution in [0, 0.1) is 11.8 Å². The van der Waals surface area contributed by atoms with E-state index in [4.69, 9.17) is 0 Å². The predicted molar refractivity (Wildman–Crippen MR) is 87.4 cm³/mol. The van der Waals surface area contributed by atoms with Gasteiger partial charge >= 0.3 is 0 Å². The molecule has 0 aliphatic carbocycles. The topological polar surface area (TPSA) is 32.3 Å². The van der Waals surface area contributed by atoms with Gasteiger partial charge in [-0.15, -0.1) is 11.8 Å². The van der Waals surface area contributed by atoms with Crippen molar-refractivity contribution < 1.29 is 4.79 Å². The summed E-state index contributed by atoms with van der Waals surface area (Å²) < 4.78 is 0. The van der Waals surface area contributed by atoms with Gasteiger partial charge in [0.1, 0.15) is 0 Å². The third-order valence-electron chi connectivity index (χ3n) is 4.73. The third-order valence-corrected chi connectivity index (χ3v) is 5.83. The number of carbonyl (C=O) groups is 1. The molecule has 0 aromatic heterocycles. The molecule has 3 rings (SSSR count). The molecule has 3 nitrogen and oxygen atoms in total. The second-order valence-electron chi connectivity index (χ2n) is 6.15.